The summed E-state index contributed by atoms with van der Waals surface area (Å²) in [7, 11) is 0. The van der Waals surface area contributed by atoms with Crippen molar-refractivity contribution in [2.75, 3.05) is 12.3 Å². The van der Waals surface area contributed by atoms with Gasteiger partial charge in [0.05, 0.1) is 6.10 Å². The molecule has 0 saturated carbocycles. The number of pyridine rings is 1. The first-order valence-electron chi connectivity index (χ1n) is 5.68. The topological polar surface area (TPSA) is 88.2 Å². The van der Waals surface area contributed by atoms with E-state index in [0.29, 0.717) is 11.4 Å². The maximum absolute atomic E-state index is 11.9. The number of aliphatic hydroxyl groups is 1. The number of hydrogen-bond acceptors (Lipinski definition) is 4. The molecule has 1 unspecified atom stereocenters. The van der Waals surface area contributed by atoms with Crippen LogP contribution < -0.4 is 11.1 Å². The number of fused-ring (bicyclic) bond motifs is 1. The summed E-state index contributed by atoms with van der Waals surface area (Å²) in [5.74, 6) is -0.300. The zero-order valence-corrected chi connectivity index (χ0v) is 10.1. The predicted molar refractivity (Wildman–Crippen MR) is 70.2 cm³/mol. The second-order valence-electron chi connectivity index (χ2n) is 4.20. The van der Waals surface area contributed by atoms with E-state index in [2.05, 4.69) is 10.3 Å². The standard InChI is InChI=1S/C13H15N3O2/c1-8(17)7-16-13(18)12-11-3-2-10(14)6-9(11)4-5-15-12/h2-6,8,17H,7,14H2,1H3,(H,16,18). The van der Waals surface area contributed by atoms with E-state index in [1.807, 2.05) is 0 Å². The Labute approximate surface area is 105 Å². The van der Waals surface area contributed by atoms with Crippen LogP contribution in [0, 0.1) is 0 Å². The van der Waals surface area contributed by atoms with Crippen LogP contribution >= 0.6 is 0 Å². The van der Waals surface area contributed by atoms with Crippen LogP contribution in [-0.2, 0) is 0 Å². The number of carbonyl (C=O) groups is 1. The molecule has 0 bridgehead atoms. The van der Waals surface area contributed by atoms with Gasteiger partial charge in [0.2, 0.25) is 0 Å². The van der Waals surface area contributed by atoms with Crippen molar-refractivity contribution in [3.8, 4) is 0 Å². The highest BCUT2D eigenvalue weighted by Gasteiger charge is 2.11. The minimum Gasteiger partial charge on any atom is -0.399 e. The molecule has 94 valence electrons. The molecule has 0 saturated heterocycles. The van der Waals surface area contributed by atoms with Crippen molar-refractivity contribution in [3.05, 3.63) is 36.2 Å². The lowest BCUT2D eigenvalue weighted by Gasteiger charge is -2.08. The van der Waals surface area contributed by atoms with E-state index in [4.69, 9.17) is 10.8 Å². The highest BCUT2D eigenvalue weighted by atomic mass is 16.3. The summed E-state index contributed by atoms with van der Waals surface area (Å²) in [5.41, 5.74) is 6.68. The monoisotopic (exact) mass is 245 g/mol. The van der Waals surface area contributed by atoms with Crippen molar-refractivity contribution in [1.82, 2.24) is 10.3 Å². The van der Waals surface area contributed by atoms with Crippen molar-refractivity contribution in [1.29, 1.82) is 0 Å². The van der Waals surface area contributed by atoms with Gasteiger partial charge < -0.3 is 16.2 Å². The molecule has 2 rings (SSSR count). The van der Waals surface area contributed by atoms with Gasteiger partial charge in [0, 0.05) is 23.8 Å². The lowest BCUT2D eigenvalue weighted by atomic mass is 10.1. The molecular weight excluding hydrogens is 230 g/mol. The third-order valence-electron chi connectivity index (χ3n) is 2.56. The third kappa shape index (κ3) is 2.57. The highest BCUT2D eigenvalue weighted by molar-refractivity contribution is 6.05. The van der Waals surface area contributed by atoms with E-state index in [9.17, 15) is 4.79 Å². The van der Waals surface area contributed by atoms with Gasteiger partial charge in [0.25, 0.3) is 5.91 Å². The Morgan fingerprint density at radius 1 is 1.50 bits per heavy atom. The molecule has 0 aliphatic carbocycles. The number of carbonyl (C=O) groups excluding carboxylic acids is 1. The minimum absolute atomic E-state index is 0.200. The average molecular weight is 245 g/mol. The van der Waals surface area contributed by atoms with Gasteiger partial charge >= 0.3 is 0 Å². The van der Waals surface area contributed by atoms with Gasteiger partial charge in [-0.05, 0) is 36.6 Å². The Hall–Kier alpha value is -2.14. The van der Waals surface area contributed by atoms with Gasteiger partial charge in [-0.3, -0.25) is 9.78 Å². The first kappa shape index (κ1) is 12.3. The van der Waals surface area contributed by atoms with E-state index in [1.165, 1.54) is 0 Å². The number of benzene rings is 1. The molecule has 1 atom stereocenters. The second kappa shape index (κ2) is 5.01. The summed E-state index contributed by atoms with van der Waals surface area (Å²) >= 11 is 0. The van der Waals surface area contributed by atoms with Crippen LogP contribution in [0.2, 0.25) is 0 Å². The normalized spacial score (nSPS) is 12.3. The molecule has 1 aromatic carbocycles. The van der Waals surface area contributed by atoms with Gasteiger partial charge in [-0.2, -0.15) is 0 Å². The van der Waals surface area contributed by atoms with E-state index >= 15 is 0 Å². The Balaban J connectivity index is 2.36. The molecule has 1 heterocycles. The number of rotatable bonds is 3. The predicted octanol–water partition coefficient (Wildman–Crippen LogP) is 0.928. The van der Waals surface area contributed by atoms with Gasteiger partial charge in [0.1, 0.15) is 5.69 Å². The molecule has 18 heavy (non-hydrogen) atoms. The number of anilines is 1. The van der Waals surface area contributed by atoms with Gasteiger partial charge in [-0.25, -0.2) is 0 Å². The van der Waals surface area contributed by atoms with Crippen molar-refractivity contribution in [2.24, 2.45) is 0 Å². The Morgan fingerprint density at radius 2 is 2.28 bits per heavy atom. The number of nitrogen functional groups attached to an aromatic ring is 1. The zero-order chi connectivity index (χ0) is 13.1. The quantitative estimate of drug-likeness (QED) is 0.702. The van der Waals surface area contributed by atoms with Crippen molar-refractivity contribution in [2.45, 2.75) is 13.0 Å². The third-order valence-corrected chi connectivity index (χ3v) is 2.56. The summed E-state index contributed by atoms with van der Waals surface area (Å²) in [5, 5.41) is 13.4. The Bertz CT molecular complexity index is 581. The maximum Gasteiger partial charge on any atom is 0.270 e. The first-order chi connectivity index (χ1) is 8.58. The molecule has 0 radical (unpaired) electrons. The SMILES string of the molecule is CC(O)CNC(=O)c1nccc2cc(N)ccc12. The highest BCUT2D eigenvalue weighted by Crippen LogP contribution is 2.19. The van der Waals surface area contributed by atoms with Gasteiger partial charge in [0.15, 0.2) is 0 Å². The molecule has 5 heteroatoms. The largest absolute Gasteiger partial charge is 0.399 e. The van der Waals surface area contributed by atoms with E-state index in [1.54, 1.807) is 37.4 Å². The molecular formula is C13H15N3O2. The Morgan fingerprint density at radius 3 is 3.00 bits per heavy atom. The van der Waals surface area contributed by atoms with E-state index < -0.39 is 6.10 Å². The lowest BCUT2D eigenvalue weighted by molar-refractivity contribution is 0.0921. The molecule has 1 aromatic heterocycles. The van der Waals surface area contributed by atoms with Crippen LogP contribution in [0.25, 0.3) is 10.8 Å². The molecule has 4 N–H and O–H groups in total. The number of hydrogen-bond donors (Lipinski definition) is 3. The lowest BCUT2D eigenvalue weighted by Crippen LogP contribution is -2.31. The number of nitrogens with zero attached hydrogens (tertiary/aromatic N) is 1. The van der Waals surface area contributed by atoms with Crippen LogP contribution in [0.1, 0.15) is 17.4 Å². The molecule has 0 aliphatic rings. The van der Waals surface area contributed by atoms with E-state index in [0.717, 1.165) is 10.8 Å². The molecule has 5 nitrogen and oxygen atoms in total. The van der Waals surface area contributed by atoms with Gasteiger partial charge in [-0.15, -0.1) is 0 Å². The molecule has 0 spiro atoms. The fraction of sp³-hybridized carbons (Fsp3) is 0.231. The Kier molecular flexibility index (Phi) is 3.43. The molecule has 0 fully saturated rings. The van der Waals surface area contributed by atoms with Gasteiger partial charge in [-0.1, -0.05) is 0 Å². The van der Waals surface area contributed by atoms with Crippen molar-refractivity contribution >= 4 is 22.4 Å². The summed E-state index contributed by atoms with van der Waals surface area (Å²) < 4.78 is 0. The summed E-state index contributed by atoms with van der Waals surface area (Å²) in [6.07, 6.45) is 0.985. The van der Waals surface area contributed by atoms with Crippen LogP contribution in [0.5, 0.6) is 0 Å². The number of nitrogens with one attached hydrogen (secondary N) is 1. The smallest absolute Gasteiger partial charge is 0.270 e. The van der Waals surface area contributed by atoms with E-state index in [-0.39, 0.29) is 12.5 Å². The maximum atomic E-state index is 11.9. The van der Waals surface area contributed by atoms with Crippen molar-refractivity contribution in [3.63, 3.8) is 0 Å². The van der Waals surface area contributed by atoms with Crippen LogP contribution in [-0.4, -0.2) is 28.6 Å². The average Bonchev–Trinajstić information content (AvgIpc) is 2.34. The first-order valence-corrected chi connectivity index (χ1v) is 5.68. The van der Waals surface area contributed by atoms with Crippen LogP contribution in [0.15, 0.2) is 30.5 Å². The zero-order valence-electron chi connectivity index (χ0n) is 10.1. The summed E-state index contributed by atoms with van der Waals surface area (Å²) in [6, 6.07) is 7.10. The number of nitrogens with two attached hydrogens (primary N) is 1. The fourth-order valence-corrected chi connectivity index (χ4v) is 1.70. The van der Waals surface area contributed by atoms with Crippen LogP contribution in [0.3, 0.4) is 0 Å². The fourth-order valence-electron chi connectivity index (χ4n) is 1.70. The van der Waals surface area contributed by atoms with Crippen molar-refractivity contribution < 1.29 is 9.90 Å². The second-order valence-corrected chi connectivity index (χ2v) is 4.20. The molecule has 1 amide bonds. The molecule has 0 aliphatic heterocycles. The number of aromatic nitrogens is 1. The number of amides is 1. The molecule has 2 aromatic rings. The summed E-state index contributed by atoms with van der Waals surface area (Å²) in [4.78, 5) is 16.0. The minimum atomic E-state index is -0.584. The summed E-state index contributed by atoms with van der Waals surface area (Å²) in [6.45, 7) is 1.81. The van der Waals surface area contributed by atoms with Crippen LogP contribution in [0.4, 0.5) is 5.69 Å². The number of aliphatic hydroxyl groups excluding tert-OH is 1.